The number of aliphatic hydroxyl groups is 3. The second kappa shape index (κ2) is 8.00. The number of ketones is 2. The number of hydrogen-bond acceptors (Lipinski definition) is 8. The minimum atomic E-state index is -2.57. The molecule has 0 bridgehead atoms. The van der Waals surface area contributed by atoms with Crippen molar-refractivity contribution in [2.45, 2.75) is 37.8 Å². The van der Waals surface area contributed by atoms with Gasteiger partial charge in [0.15, 0.2) is 11.4 Å². The van der Waals surface area contributed by atoms with Gasteiger partial charge in [-0.2, -0.15) is 0 Å². The van der Waals surface area contributed by atoms with Crippen LogP contribution in [0.1, 0.15) is 30.9 Å². The fraction of sp³-hybridized carbons (Fsp3) is 0.458. The lowest BCUT2D eigenvalue weighted by molar-refractivity contribution is -0.153. The van der Waals surface area contributed by atoms with Gasteiger partial charge in [-0.3, -0.25) is 19.3 Å². The molecule has 1 saturated carbocycles. The first-order valence-corrected chi connectivity index (χ1v) is 10.9. The van der Waals surface area contributed by atoms with Crippen molar-refractivity contribution in [3.63, 3.8) is 0 Å². The number of amides is 1. The van der Waals surface area contributed by atoms with E-state index in [1.165, 1.54) is 4.90 Å². The molecule has 1 amide bonds. The summed E-state index contributed by atoms with van der Waals surface area (Å²) >= 11 is 0. The van der Waals surface area contributed by atoms with Gasteiger partial charge in [0, 0.05) is 11.5 Å². The number of aliphatic hydroxyl groups excluding tert-OH is 2. The van der Waals surface area contributed by atoms with Crippen LogP contribution in [-0.4, -0.2) is 70.0 Å². The molecule has 4 rings (SSSR count). The maximum Gasteiger partial charge on any atom is 0.255 e. The largest absolute Gasteiger partial charge is 0.508 e. The summed E-state index contributed by atoms with van der Waals surface area (Å²) in [5, 5.41) is 33.6. The molecular formula is C24H28N2O7. The molecule has 0 aromatic heterocycles. The SMILES string of the molecule is CCCOc1cccc2c1C(O)=C1C(=O)C3(O)C(O)=C(C(N)=O)C(=O)C(N(C)C)C3CC1C2. The van der Waals surface area contributed by atoms with Crippen molar-refractivity contribution in [3.8, 4) is 5.75 Å². The molecular weight excluding hydrogens is 428 g/mol. The number of primary amides is 1. The molecule has 1 aromatic carbocycles. The normalized spacial score (nSPS) is 29.1. The summed E-state index contributed by atoms with van der Waals surface area (Å²) in [6.45, 7) is 2.36. The van der Waals surface area contributed by atoms with Crippen LogP contribution in [0.25, 0.3) is 5.76 Å². The molecule has 0 spiro atoms. The van der Waals surface area contributed by atoms with Crippen molar-refractivity contribution in [1.29, 1.82) is 0 Å². The quantitative estimate of drug-likeness (QED) is 0.480. The summed E-state index contributed by atoms with van der Waals surface area (Å²) in [6, 6.07) is 4.29. The van der Waals surface area contributed by atoms with Crippen molar-refractivity contribution in [3.05, 3.63) is 46.2 Å². The van der Waals surface area contributed by atoms with E-state index in [-0.39, 0.29) is 17.8 Å². The van der Waals surface area contributed by atoms with E-state index in [9.17, 15) is 29.7 Å². The van der Waals surface area contributed by atoms with Gasteiger partial charge >= 0.3 is 0 Å². The van der Waals surface area contributed by atoms with E-state index in [1.807, 2.05) is 19.1 Å². The predicted octanol–water partition coefficient (Wildman–Crippen LogP) is 1.05. The molecule has 1 aromatic rings. The first kappa shape index (κ1) is 23.0. The zero-order valence-corrected chi connectivity index (χ0v) is 18.8. The fourth-order valence-corrected chi connectivity index (χ4v) is 5.50. The molecule has 4 atom stereocenters. The molecule has 0 radical (unpaired) electrons. The highest BCUT2D eigenvalue weighted by Gasteiger charge is 2.64. The number of ether oxygens (including phenoxy) is 1. The molecule has 0 heterocycles. The lowest BCUT2D eigenvalue weighted by atomic mass is 9.57. The summed E-state index contributed by atoms with van der Waals surface area (Å²) in [4.78, 5) is 40.2. The Morgan fingerprint density at radius 3 is 2.58 bits per heavy atom. The molecule has 1 fully saturated rings. The van der Waals surface area contributed by atoms with Crippen LogP contribution in [0.3, 0.4) is 0 Å². The number of fused-ring (bicyclic) bond motifs is 3. The topological polar surface area (TPSA) is 150 Å². The number of benzene rings is 1. The zero-order valence-electron chi connectivity index (χ0n) is 18.8. The molecule has 0 saturated heterocycles. The predicted molar refractivity (Wildman–Crippen MR) is 118 cm³/mol. The third-order valence-electron chi connectivity index (χ3n) is 6.90. The van der Waals surface area contributed by atoms with Crippen molar-refractivity contribution >= 4 is 23.2 Å². The van der Waals surface area contributed by atoms with Crippen LogP contribution in [0.15, 0.2) is 35.1 Å². The Hall–Kier alpha value is -3.17. The molecule has 3 aliphatic carbocycles. The average molecular weight is 456 g/mol. The summed E-state index contributed by atoms with van der Waals surface area (Å²) in [7, 11) is 3.18. The highest BCUT2D eigenvalue weighted by atomic mass is 16.5. The van der Waals surface area contributed by atoms with E-state index in [0.717, 1.165) is 12.0 Å². The molecule has 4 unspecified atom stereocenters. The van der Waals surface area contributed by atoms with Gasteiger partial charge in [-0.05, 0) is 50.9 Å². The Morgan fingerprint density at radius 1 is 1.27 bits per heavy atom. The number of Topliss-reactive ketones (excluding diaryl/α,β-unsaturated/α-hetero) is 2. The fourth-order valence-electron chi connectivity index (χ4n) is 5.50. The van der Waals surface area contributed by atoms with Crippen molar-refractivity contribution in [1.82, 2.24) is 4.90 Å². The van der Waals surface area contributed by atoms with E-state index in [4.69, 9.17) is 10.5 Å². The summed E-state index contributed by atoms with van der Waals surface area (Å²) in [5.41, 5.74) is 3.09. The number of hydrogen-bond donors (Lipinski definition) is 4. The van der Waals surface area contributed by atoms with Crippen LogP contribution < -0.4 is 10.5 Å². The third kappa shape index (κ3) is 3.18. The molecule has 176 valence electrons. The highest BCUT2D eigenvalue weighted by molar-refractivity contribution is 6.24. The number of likely N-dealkylation sites (N-methyl/N-ethyl adjacent to an activating group) is 1. The van der Waals surface area contributed by atoms with Crippen LogP contribution in [0, 0.1) is 11.8 Å². The lowest BCUT2D eigenvalue weighted by Crippen LogP contribution is -2.65. The first-order valence-electron chi connectivity index (χ1n) is 10.9. The number of carbonyl (C=O) groups excluding carboxylic acids is 3. The molecule has 33 heavy (non-hydrogen) atoms. The van der Waals surface area contributed by atoms with Crippen molar-refractivity contribution < 1.29 is 34.4 Å². The van der Waals surface area contributed by atoms with Crippen LogP contribution in [-0.2, 0) is 20.8 Å². The first-order chi connectivity index (χ1) is 15.5. The van der Waals surface area contributed by atoms with Gasteiger partial charge in [-0.15, -0.1) is 0 Å². The van der Waals surface area contributed by atoms with Gasteiger partial charge in [0.05, 0.1) is 18.2 Å². The number of nitrogens with two attached hydrogens (primary N) is 1. The minimum absolute atomic E-state index is 0.0453. The second-order valence-electron chi connectivity index (χ2n) is 9.10. The Labute approximate surface area is 191 Å². The summed E-state index contributed by atoms with van der Waals surface area (Å²) < 4.78 is 5.76. The molecule has 3 aliphatic rings. The van der Waals surface area contributed by atoms with E-state index in [0.29, 0.717) is 24.3 Å². The summed E-state index contributed by atoms with van der Waals surface area (Å²) in [5.74, 6) is -5.38. The Balaban J connectivity index is 1.93. The van der Waals surface area contributed by atoms with Gasteiger partial charge in [0.25, 0.3) is 5.91 Å². The Morgan fingerprint density at radius 2 is 1.97 bits per heavy atom. The van der Waals surface area contributed by atoms with E-state index >= 15 is 0 Å². The highest BCUT2D eigenvalue weighted by Crippen LogP contribution is 2.52. The van der Waals surface area contributed by atoms with Crippen LogP contribution >= 0.6 is 0 Å². The van der Waals surface area contributed by atoms with Crippen molar-refractivity contribution in [2.24, 2.45) is 17.6 Å². The Bertz CT molecular complexity index is 1120. The monoisotopic (exact) mass is 456 g/mol. The van der Waals surface area contributed by atoms with Gasteiger partial charge in [0.1, 0.15) is 22.8 Å². The van der Waals surface area contributed by atoms with Gasteiger partial charge in [-0.1, -0.05) is 19.1 Å². The Kier molecular flexibility index (Phi) is 5.58. The second-order valence-corrected chi connectivity index (χ2v) is 9.10. The minimum Gasteiger partial charge on any atom is -0.508 e. The van der Waals surface area contributed by atoms with Gasteiger partial charge in [-0.25, -0.2) is 0 Å². The maximum atomic E-state index is 13.7. The molecule has 0 aliphatic heterocycles. The molecule has 9 heteroatoms. The van der Waals surface area contributed by atoms with Crippen LogP contribution in [0.5, 0.6) is 5.75 Å². The molecule has 9 nitrogen and oxygen atoms in total. The summed E-state index contributed by atoms with van der Waals surface area (Å²) in [6.07, 6.45) is 1.27. The lowest BCUT2D eigenvalue weighted by Gasteiger charge is -2.50. The van der Waals surface area contributed by atoms with Gasteiger partial charge in [0.2, 0.25) is 5.78 Å². The van der Waals surface area contributed by atoms with Crippen LogP contribution in [0.2, 0.25) is 0 Å². The van der Waals surface area contributed by atoms with Crippen LogP contribution in [0.4, 0.5) is 0 Å². The average Bonchev–Trinajstić information content (AvgIpc) is 2.74. The van der Waals surface area contributed by atoms with Crippen molar-refractivity contribution in [2.75, 3.05) is 20.7 Å². The van der Waals surface area contributed by atoms with E-state index in [1.54, 1.807) is 20.2 Å². The smallest absolute Gasteiger partial charge is 0.255 e. The molecule has 5 N–H and O–H groups in total. The van der Waals surface area contributed by atoms with Gasteiger partial charge < -0.3 is 25.8 Å². The number of carbonyl (C=O) groups is 3. The zero-order chi connectivity index (χ0) is 24.2. The number of rotatable bonds is 5. The van der Waals surface area contributed by atoms with E-state index in [2.05, 4.69) is 0 Å². The standard InChI is InChI=1S/C24H28N2O7/c1-4-8-33-14-7-5-6-11-9-12-10-13-18(26(2)3)20(28)17(23(25)31)22(30)24(13,32)21(29)16(12)19(27)15(11)14/h5-7,12-13,18,27,30,32H,4,8-10H2,1-3H3,(H2,25,31). The maximum absolute atomic E-state index is 13.7. The number of nitrogens with zero attached hydrogens (tertiary/aromatic N) is 1. The van der Waals surface area contributed by atoms with E-state index < -0.39 is 52.3 Å². The third-order valence-corrected chi connectivity index (χ3v) is 6.90.